The van der Waals surface area contributed by atoms with Gasteiger partial charge in [-0.15, -0.1) is 0 Å². The van der Waals surface area contributed by atoms with E-state index in [1.807, 2.05) is 13.0 Å². The maximum atomic E-state index is 12.3. The standard InChI is InChI=1S/C21H23ClN2O5/c1-12-6-5-7-15(10-12)20(26)23-13(2)21(27)29-14(3)19(25)24-16-8-9-18(28-4)17(22)11-16/h5-11,13-14H,1-4H3,(H,23,26)(H,24,25)/t13-,14+/m0/s1. The van der Waals surface area contributed by atoms with Crippen molar-refractivity contribution in [1.82, 2.24) is 5.32 Å². The number of anilines is 1. The molecule has 7 nitrogen and oxygen atoms in total. The number of aryl methyl sites for hydroxylation is 1. The van der Waals surface area contributed by atoms with Crippen LogP contribution in [0.25, 0.3) is 0 Å². The molecule has 2 N–H and O–H groups in total. The number of carbonyl (C=O) groups is 3. The molecule has 0 fully saturated rings. The van der Waals surface area contributed by atoms with Crippen LogP contribution >= 0.6 is 11.6 Å². The van der Waals surface area contributed by atoms with Crippen molar-refractivity contribution in [3.05, 3.63) is 58.6 Å². The third kappa shape index (κ3) is 6.22. The van der Waals surface area contributed by atoms with Crippen LogP contribution < -0.4 is 15.4 Å². The van der Waals surface area contributed by atoms with Gasteiger partial charge in [0.15, 0.2) is 6.10 Å². The fraction of sp³-hybridized carbons (Fsp3) is 0.286. The summed E-state index contributed by atoms with van der Waals surface area (Å²) >= 11 is 6.03. The molecule has 29 heavy (non-hydrogen) atoms. The van der Waals surface area contributed by atoms with E-state index in [1.165, 1.54) is 27.0 Å². The monoisotopic (exact) mass is 418 g/mol. The highest BCUT2D eigenvalue weighted by Crippen LogP contribution is 2.27. The normalized spacial score (nSPS) is 12.4. The number of esters is 1. The van der Waals surface area contributed by atoms with Gasteiger partial charge in [-0.25, -0.2) is 4.79 Å². The van der Waals surface area contributed by atoms with E-state index in [0.29, 0.717) is 22.0 Å². The van der Waals surface area contributed by atoms with E-state index in [2.05, 4.69) is 10.6 Å². The Balaban J connectivity index is 1.90. The number of nitrogens with one attached hydrogen (secondary N) is 2. The second kappa shape index (κ2) is 9.93. The van der Waals surface area contributed by atoms with E-state index in [0.717, 1.165) is 5.56 Å². The summed E-state index contributed by atoms with van der Waals surface area (Å²) in [6, 6.07) is 10.8. The molecule has 0 bridgehead atoms. The molecule has 0 radical (unpaired) electrons. The van der Waals surface area contributed by atoms with Crippen LogP contribution in [-0.4, -0.2) is 37.0 Å². The zero-order chi connectivity index (χ0) is 21.6. The zero-order valence-corrected chi connectivity index (χ0v) is 17.4. The summed E-state index contributed by atoms with van der Waals surface area (Å²) in [7, 11) is 1.49. The van der Waals surface area contributed by atoms with Crippen LogP contribution in [0.2, 0.25) is 5.02 Å². The van der Waals surface area contributed by atoms with Gasteiger partial charge in [0.05, 0.1) is 12.1 Å². The molecular formula is C21H23ClN2O5. The van der Waals surface area contributed by atoms with Gasteiger partial charge < -0.3 is 20.1 Å². The summed E-state index contributed by atoms with van der Waals surface area (Å²) in [4.78, 5) is 36.7. The lowest BCUT2D eigenvalue weighted by Crippen LogP contribution is -2.42. The van der Waals surface area contributed by atoms with Gasteiger partial charge in [0, 0.05) is 11.3 Å². The van der Waals surface area contributed by atoms with Crippen LogP contribution in [-0.2, 0) is 14.3 Å². The van der Waals surface area contributed by atoms with Gasteiger partial charge in [0.25, 0.3) is 11.8 Å². The third-order valence-electron chi connectivity index (χ3n) is 4.06. The summed E-state index contributed by atoms with van der Waals surface area (Å²) in [6.45, 7) is 4.79. The largest absolute Gasteiger partial charge is 0.495 e. The summed E-state index contributed by atoms with van der Waals surface area (Å²) in [5.74, 6) is -1.18. The molecule has 2 rings (SSSR count). The lowest BCUT2D eigenvalue weighted by Gasteiger charge is -2.18. The molecule has 0 spiro atoms. The first kappa shape index (κ1) is 22.2. The van der Waals surface area contributed by atoms with Crippen molar-refractivity contribution in [2.45, 2.75) is 32.9 Å². The summed E-state index contributed by atoms with van der Waals surface area (Å²) in [6.07, 6.45) is -1.07. The predicted octanol–water partition coefficient (Wildman–Crippen LogP) is 3.35. The van der Waals surface area contributed by atoms with E-state index in [4.69, 9.17) is 21.1 Å². The van der Waals surface area contributed by atoms with Gasteiger partial charge in [-0.1, -0.05) is 29.3 Å². The van der Waals surface area contributed by atoms with Crippen molar-refractivity contribution in [2.75, 3.05) is 12.4 Å². The first-order valence-electron chi connectivity index (χ1n) is 8.93. The average Bonchev–Trinajstić information content (AvgIpc) is 2.67. The second-order valence-electron chi connectivity index (χ2n) is 6.48. The SMILES string of the molecule is COc1ccc(NC(=O)[C@@H](C)OC(=O)[C@H](C)NC(=O)c2cccc(C)c2)cc1Cl. The Hall–Kier alpha value is -3.06. The van der Waals surface area contributed by atoms with Crippen molar-refractivity contribution >= 4 is 35.1 Å². The lowest BCUT2D eigenvalue weighted by atomic mass is 10.1. The fourth-order valence-electron chi connectivity index (χ4n) is 2.44. The van der Waals surface area contributed by atoms with Crippen LogP contribution in [0, 0.1) is 6.92 Å². The molecule has 2 atom stereocenters. The van der Waals surface area contributed by atoms with Crippen molar-refractivity contribution in [2.24, 2.45) is 0 Å². The van der Waals surface area contributed by atoms with Gasteiger partial charge in [-0.05, 0) is 51.1 Å². The Morgan fingerprint density at radius 2 is 1.79 bits per heavy atom. The maximum Gasteiger partial charge on any atom is 0.329 e. The van der Waals surface area contributed by atoms with Crippen molar-refractivity contribution in [3.8, 4) is 5.75 Å². The molecule has 0 aliphatic carbocycles. The second-order valence-corrected chi connectivity index (χ2v) is 6.89. The van der Waals surface area contributed by atoms with Crippen LogP contribution in [0.3, 0.4) is 0 Å². The van der Waals surface area contributed by atoms with Crippen molar-refractivity contribution in [1.29, 1.82) is 0 Å². The number of rotatable bonds is 7. The first-order chi connectivity index (χ1) is 13.7. The zero-order valence-electron chi connectivity index (χ0n) is 16.6. The van der Waals surface area contributed by atoms with E-state index < -0.39 is 29.9 Å². The highest BCUT2D eigenvalue weighted by Gasteiger charge is 2.23. The van der Waals surface area contributed by atoms with Crippen molar-refractivity contribution in [3.63, 3.8) is 0 Å². The van der Waals surface area contributed by atoms with E-state index in [-0.39, 0.29) is 0 Å². The molecule has 0 aliphatic heterocycles. The molecule has 154 valence electrons. The van der Waals surface area contributed by atoms with Crippen LogP contribution in [0.5, 0.6) is 5.75 Å². The molecule has 0 aromatic heterocycles. The molecule has 2 aromatic rings. The molecule has 8 heteroatoms. The Morgan fingerprint density at radius 3 is 2.41 bits per heavy atom. The number of halogens is 1. The number of carbonyl (C=O) groups excluding carboxylic acids is 3. The average molecular weight is 419 g/mol. The number of amides is 2. The van der Waals surface area contributed by atoms with Crippen LogP contribution in [0.4, 0.5) is 5.69 Å². The quantitative estimate of drug-likeness (QED) is 0.672. The van der Waals surface area contributed by atoms with Gasteiger partial charge in [0.2, 0.25) is 0 Å². The molecule has 0 heterocycles. The Morgan fingerprint density at radius 1 is 1.07 bits per heavy atom. The van der Waals surface area contributed by atoms with E-state index in [9.17, 15) is 14.4 Å². The van der Waals surface area contributed by atoms with Gasteiger partial charge in [-0.3, -0.25) is 9.59 Å². The van der Waals surface area contributed by atoms with Crippen LogP contribution in [0.1, 0.15) is 29.8 Å². The Bertz CT molecular complexity index is 916. The molecule has 0 saturated carbocycles. The predicted molar refractivity (Wildman–Crippen MR) is 110 cm³/mol. The Labute approximate surface area is 174 Å². The molecule has 0 unspecified atom stereocenters. The Kier molecular flexibility index (Phi) is 7.61. The summed E-state index contributed by atoms with van der Waals surface area (Å²) < 4.78 is 10.2. The van der Waals surface area contributed by atoms with Gasteiger partial charge in [-0.2, -0.15) is 0 Å². The van der Waals surface area contributed by atoms with E-state index in [1.54, 1.807) is 30.3 Å². The smallest absolute Gasteiger partial charge is 0.329 e. The van der Waals surface area contributed by atoms with Crippen LogP contribution in [0.15, 0.2) is 42.5 Å². The van der Waals surface area contributed by atoms with E-state index >= 15 is 0 Å². The number of methoxy groups -OCH3 is 1. The number of ether oxygens (including phenoxy) is 2. The maximum absolute atomic E-state index is 12.3. The third-order valence-corrected chi connectivity index (χ3v) is 4.36. The molecule has 2 amide bonds. The minimum Gasteiger partial charge on any atom is -0.495 e. The molecule has 2 aromatic carbocycles. The van der Waals surface area contributed by atoms with Gasteiger partial charge in [0.1, 0.15) is 11.8 Å². The number of hydrogen-bond acceptors (Lipinski definition) is 5. The van der Waals surface area contributed by atoms with Gasteiger partial charge >= 0.3 is 5.97 Å². The molecule has 0 saturated heterocycles. The summed E-state index contributed by atoms with van der Waals surface area (Å²) in [5, 5.41) is 5.50. The molecular weight excluding hydrogens is 396 g/mol. The highest BCUT2D eigenvalue weighted by molar-refractivity contribution is 6.32. The summed E-state index contributed by atoms with van der Waals surface area (Å²) in [5.41, 5.74) is 1.80. The first-order valence-corrected chi connectivity index (χ1v) is 9.31. The minimum absolute atomic E-state index is 0.336. The highest BCUT2D eigenvalue weighted by atomic mass is 35.5. The minimum atomic E-state index is -1.07. The van der Waals surface area contributed by atoms with Crippen molar-refractivity contribution < 1.29 is 23.9 Å². The lowest BCUT2D eigenvalue weighted by molar-refractivity contribution is -0.154. The number of benzene rings is 2. The number of hydrogen-bond donors (Lipinski definition) is 2. The fourth-order valence-corrected chi connectivity index (χ4v) is 2.70. The topological polar surface area (TPSA) is 93.7 Å². The molecule has 0 aliphatic rings.